The lowest BCUT2D eigenvalue weighted by Gasteiger charge is -2.20. The van der Waals surface area contributed by atoms with Crippen LogP contribution in [-0.2, 0) is 11.0 Å². The molecule has 0 amide bonds. The van der Waals surface area contributed by atoms with E-state index in [4.69, 9.17) is 5.11 Å². The fraction of sp³-hybridized carbons (Fsp3) is 0.276. The topological polar surface area (TPSA) is 72.2 Å². The number of aromatic nitrogens is 2. The molecule has 1 heterocycles. The van der Waals surface area contributed by atoms with Crippen molar-refractivity contribution in [2.45, 2.75) is 50.5 Å². The first-order valence-electron chi connectivity index (χ1n) is 12.4. The number of alkyl halides is 6. The number of aliphatic carboxylic acids is 1. The van der Waals surface area contributed by atoms with Crippen molar-refractivity contribution in [3.8, 4) is 11.1 Å². The zero-order valence-corrected chi connectivity index (χ0v) is 21.0. The summed E-state index contributed by atoms with van der Waals surface area (Å²) in [6.07, 6.45) is -8.69. The quantitative estimate of drug-likeness (QED) is 0.157. The number of carbonyl (C=O) groups is 2. The highest BCUT2D eigenvalue weighted by molar-refractivity contribution is 5.96. The molecule has 0 aliphatic heterocycles. The Morgan fingerprint density at radius 1 is 0.850 bits per heavy atom. The number of nitrogens with zero attached hydrogens (tertiary/aromatic N) is 2. The van der Waals surface area contributed by atoms with E-state index in [9.17, 15) is 35.9 Å². The molecular formula is C29H24F6N2O3. The molecule has 0 saturated heterocycles. The first kappa shape index (κ1) is 28.8. The minimum Gasteiger partial charge on any atom is -0.481 e. The number of hydrogen-bond donors (Lipinski definition) is 1. The molecule has 1 atom stereocenters. The monoisotopic (exact) mass is 562 g/mol. The zero-order chi connectivity index (χ0) is 29.1. The highest BCUT2D eigenvalue weighted by Crippen LogP contribution is 2.35. The molecule has 1 N–H and O–H groups in total. The van der Waals surface area contributed by atoms with Crippen LogP contribution in [0.15, 0.2) is 72.9 Å². The molecule has 40 heavy (non-hydrogen) atoms. The summed E-state index contributed by atoms with van der Waals surface area (Å²) < 4.78 is 79.8. The first-order valence-corrected chi connectivity index (χ1v) is 12.4. The van der Waals surface area contributed by atoms with Gasteiger partial charge in [-0.05, 0) is 53.8 Å². The van der Waals surface area contributed by atoms with Crippen molar-refractivity contribution in [1.82, 2.24) is 9.78 Å². The number of Topliss-reactive ketones (excluding diaryl/α,β-unsaturated/α-hetero) is 1. The van der Waals surface area contributed by atoms with Crippen LogP contribution in [0.2, 0.25) is 0 Å². The number of hydrogen-bond acceptors (Lipinski definition) is 3. The number of fused-ring (bicyclic) bond motifs is 1. The van der Waals surface area contributed by atoms with Crippen LogP contribution in [0.1, 0.15) is 59.6 Å². The molecule has 1 aromatic heterocycles. The van der Waals surface area contributed by atoms with Crippen LogP contribution in [0, 0.1) is 0 Å². The van der Waals surface area contributed by atoms with Crippen molar-refractivity contribution < 1.29 is 41.0 Å². The molecule has 0 aliphatic rings. The van der Waals surface area contributed by atoms with Gasteiger partial charge in [-0.15, -0.1) is 0 Å². The third-order valence-electron chi connectivity index (χ3n) is 6.55. The maximum atomic E-state index is 13.2. The van der Waals surface area contributed by atoms with E-state index in [0.29, 0.717) is 33.2 Å². The van der Waals surface area contributed by atoms with Crippen LogP contribution in [-0.4, -0.2) is 32.8 Å². The summed E-state index contributed by atoms with van der Waals surface area (Å²) in [5.41, 5.74) is 1.76. The van der Waals surface area contributed by atoms with E-state index in [1.807, 2.05) is 0 Å². The van der Waals surface area contributed by atoms with Gasteiger partial charge in [0.1, 0.15) is 0 Å². The standard InChI is InChI=1S/C29H24F6N2O3/c30-28(31,32)15-14-25(19-4-6-20(7-5-19)26(38)2-1-3-27(39)40)37-24-13-10-21(16-22(24)17-36-37)18-8-11-23(12-9-18)29(33,34)35/h4-13,16-17,25H,1-3,14-15H2,(H,39,40). The Balaban J connectivity index is 1.62. The van der Waals surface area contributed by atoms with Gasteiger partial charge in [-0.3, -0.25) is 14.3 Å². The lowest BCUT2D eigenvalue weighted by molar-refractivity contribution is -0.138. The van der Waals surface area contributed by atoms with Gasteiger partial charge in [0.05, 0.1) is 23.3 Å². The number of rotatable bonds is 10. The highest BCUT2D eigenvalue weighted by atomic mass is 19.4. The number of carbonyl (C=O) groups excluding carboxylic acids is 1. The normalized spacial score (nSPS) is 12.9. The Bertz CT molecular complexity index is 1490. The van der Waals surface area contributed by atoms with Crippen molar-refractivity contribution in [2.24, 2.45) is 0 Å². The molecule has 3 aromatic carbocycles. The van der Waals surface area contributed by atoms with Gasteiger partial charge in [0, 0.05) is 30.2 Å². The average molecular weight is 563 g/mol. The van der Waals surface area contributed by atoms with Crippen LogP contribution in [0.5, 0.6) is 0 Å². The van der Waals surface area contributed by atoms with Crippen LogP contribution < -0.4 is 0 Å². The maximum Gasteiger partial charge on any atom is 0.416 e. The van der Waals surface area contributed by atoms with E-state index in [1.54, 1.807) is 30.3 Å². The zero-order valence-electron chi connectivity index (χ0n) is 21.0. The third kappa shape index (κ3) is 7.08. The van der Waals surface area contributed by atoms with E-state index in [1.165, 1.54) is 35.1 Å². The van der Waals surface area contributed by atoms with Crippen molar-refractivity contribution in [3.63, 3.8) is 0 Å². The molecule has 0 saturated carbocycles. The smallest absolute Gasteiger partial charge is 0.416 e. The predicted molar refractivity (Wildman–Crippen MR) is 136 cm³/mol. The van der Waals surface area contributed by atoms with E-state index in [0.717, 1.165) is 12.1 Å². The Morgan fingerprint density at radius 3 is 2.10 bits per heavy atom. The molecule has 11 heteroatoms. The molecule has 0 radical (unpaired) electrons. The van der Waals surface area contributed by atoms with Crippen molar-refractivity contribution in [2.75, 3.05) is 0 Å². The van der Waals surface area contributed by atoms with Gasteiger partial charge in [-0.1, -0.05) is 42.5 Å². The highest BCUT2D eigenvalue weighted by Gasteiger charge is 2.31. The molecule has 0 fully saturated rings. The number of carboxylic acid groups (broad SMARTS) is 1. The summed E-state index contributed by atoms with van der Waals surface area (Å²) in [4.78, 5) is 23.0. The Morgan fingerprint density at radius 2 is 1.50 bits per heavy atom. The fourth-order valence-electron chi connectivity index (χ4n) is 4.50. The van der Waals surface area contributed by atoms with Crippen LogP contribution in [0.4, 0.5) is 26.3 Å². The molecule has 0 spiro atoms. The van der Waals surface area contributed by atoms with Gasteiger partial charge in [-0.2, -0.15) is 31.4 Å². The minimum absolute atomic E-state index is 0.0359. The van der Waals surface area contributed by atoms with Crippen molar-refractivity contribution in [1.29, 1.82) is 0 Å². The summed E-state index contributed by atoms with van der Waals surface area (Å²) in [6, 6.07) is 15.0. The van der Waals surface area contributed by atoms with E-state index in [-0.39, 0.29) is 31.5 Å². The predicted octanol–water partition coefficient (Wildman–Crippen LogP) is 8.09. The molecule has 4 rings (SSSR count). The number of carboxylic acids is 1. The Kier molecular flexibility index (Phi) is 8.32. The van der Waals surface area contributed by atoms with E-state index in [2.05, 4.69) is 5.10 Å². The second-order valence-electron chi connectivity index (χ2n) is 9.40. The number of halogens is 6. The second kappa shape index (κ2) is 11.5. The summed E-state index contributed by atoms with van der Waals surface area (Å²) >= 11 is 0. The summed E-state index contributed by atoms with van der Waals surface area (Å²) in [5, 5.41) is 13.7. The average Bonchev–Trinajstić information content (AvgIpc) is 3.31. The summed E-state index contributed by atoms with van der Waals surface area (Å²) in [7, 11) is 0. The minimum atomic E-state index is -4.46. The largest absolute Gasteiger partial charge is 0.481 e. The first-order chi connectivity index (χ1) is 18.8. The second-order valence-corrected chi connectivity index (χ2v) is 9.40. The summed E-state index contributed by atoms with van der Waals surface area (Å²) in [5.74, 6) is -1.27. The lowest BCUT2D eigenvalue weighted by atomic mass is 9.97. The van der Waals surface area contributed by atoms with Crippen LogP contribution in [0.3, 0.4) is 0 Å². The molecular weight excluding hydrogens is 538 g/mol. The van der Waals surface area contributed by atoms with Gasteiger partial charge in [-0.25, -0.2) is 0 Å². The van der Waals surface area contributed by atoms with Crippen LogP contribution >= 0.6 is 0 Å². The number of benzene rings is 3. The molecule has 4 aromatic rings. The van der Waals surface area contributed by atoms with Gasteiger partial charge >= 0.3 is 18.3 Å². The Hall–Kier alpha value is -4.15. The molecule has 5 nitrogen and oxygen atoms in total. The molecule has 0 bridgehead atoms. The summed E-state index contributed by atoms with van der Waals surface area (Å²) in [6.45, 7) is 0. The van der Waals surface area contributed by atoms with Gasteiger partial charge < -0.3 is 5.11 Å². The van der Waals surface area contributed by atoms with Gasteiger partial charge in [0.15, 0.2) is 5.78 Å². The maximum absolute atomic E-state index is 13.2. The molecule has 210 valence electrons. The SMILES string of the molecule is O=C(O)CCCC(=O)c1ccc(C(CCC(F)(F)F)n2ncc3cc(-c4ccc(C(F)(F)F)cc4)ccc32)cc1. The third-order valence-corrected chi connectivity index (χ3v) is 6.55. The Labute approximate surface area is 225 Å². The molecule has 0 aliphatic carbocycles. The van der Waals surface area contributed by atoms with Crippen molar-refractivity contribution >= 4 is 22.7 Å². The number of ketones is 1. The molecule has 1 unspecified atom stereocenters. The van der Waals surface area contributed by atoms with Gasteiger partial charge in [0.25, 0.3) is 0 Å². The van der Waals surface area contributed by atoms with E-state index >= 15 is 0 Å². The van der Waals surface area contributed by atoms with Gasteiger partial charge in [0.2, 0.25) is 0 Å². The van der Waals surface area contributed by atoms with E-state index < -0.39 is 36.3 Å². The fourth-order valence-corrected chi connectivity index (χ4v) is 4.50. The lowest BCUT2D eigenvalue weighted by Crippen LogP contribution is -2.17. The van der Waals surface area contributed by atoms with Crippen LogP contribution in [0.25, 0.3) is 22.0 Å². The van der Waals surface area contributed by atoms with Crippen molar-refractivity contribution in [3.05, 3.63) is 89.6 Å².